The van der Waals surface area contributed by atoms with Crippen LogP contribution >= 0.6 is 27.5 Å². The molecule has 6 heteroatoms. The number of ether oxygens (including phenoxy) is 2. The van der Waals surface area contributed by atoms with Gasteiger partial charge < -0.3 is 14.8 Å². The summed E-state index contributed by atoms with van der Waals surface area (Å²) >= 11 is 9.58. The van der Waals surface area contributed by atoms with Gasteiger partial charge in [-0.15, -0.1) is 0 Å². The molecule has 3 aromatic carbocycles. The average molecular weight is 465 g/mol. The summed E-state index contributed by atoms with van der Waals surface area (Å²) in [4.78, 5) is 0. The van der Waals surface area contributed by atoms with Crippen molar-refractivity contribution in [2.45, 2.75) is 20.1 Å². The smallest absolute Gasteiger partial charge is 0.175 e. The molecular weight excluding hydrogens is 445 g/mol. The molecule has 0 saturated heterocycles. The summed E-state index contributed by atoms with van der Waals surface area (Å²) in [6.45, 7) is 3.11. The van der Waals surface area contributed by atoms with Gasteiger partial charge in [0.25, 0.3) is 0 Å². The first kappa shape index (κ1) is 20.5. The number of anilines is 1. The van der Waals surface area contributed by atoms with Crippen molar-refractivity contribution in [1.82, 2.24) is 0 Å². The van der Waals surface area contributed by atoms with E-state index in [0.717, 1.165) is 15.7 Å². The maximum Gasteiger partial charge on any atom is 0.175 e. The van der Waals surface area contributed by atoms with Gasteiger partial charge in [0.15, 0.2) is 11.5 Å². The summed E-state index contributed by atoms with van der Waals surface area (Å²) in [6, 6.07) is 18.0. The minimum absolute atomic E-state index is 0.117. The Balaban J connectivity index is 1.76. The van der Waals surface area contributed by atoms with Gasteiger partial charge >= 0.3 is 0 Å². The molecule has 0 aromatic heterocycles. The predicted molar refractivity (Wildman–Crippen MR) is 115 cm³/mol. The van der Waals surface area contributed by atoms with Crippen LogP contribution in [-0.2, 0) is 13.2 Å². The van der Waals surface area contributed by atoms with Gasteiger partial charge in [0.2, 0.25) is 0 Å². The van der Waals surface area contributed by atoms with E-state index in [4.69, 9.17) is 21.1 Å². The number of hydrogen-bond donors (Lipinski definition) is 1. The van der Waals surface area contributed by atoms with Gasteiger partial charge in [0.1, 0.15) is 12.4 Å². The minimum atomic E-state index is -0.293. The lowest BCUT2D eigenvalue weighted by Crippen LogP contribution is -2.04. The van der Waals surface area contributed by atoms with E-state index >= 15 is 0 Å². The van der Waals surface area contributed by atoms with Crippen LogP contribution in [0.3, 0.4) is 0 Å². The Morgan fingerprint density at radius 2 is 1.86 bits per heavy atom. The van der Waals surface area contributed by atoms with E-state index in [2.05, 4.69) is 21.2 Å². The van der Waals surface area contributed by atoms with Crippen LogP contribution in [0.15, 0.2) is 65.1 Å². The van der Waals surface area contributed by atoms with Gasteiger partial charge in [0, 0.05) is 22.8 Å². The fourth-order valence-corrected chi connectivity index (χ4v) is 3.49. The minimum Gasteiger partial charge on any atom is -0.490 e. The van der Waals surface area contributed by atoms with Crippen molar-refractivity contribution < 1.29 is 13.9 Å². The Labute approximate surface area is 177 Å². The quantitative estimate of drug-likeness (QED) is 0.396. The topological polar surface area (TPSA) is 30.5 Å². The molecule has 0 aliphatic rings. The van der Waals surface area contributed by atoms with Crippen LogP contribution in [0, 0.1) is 5.82 Å². The highest BCUT2D eigenvalue weighted by Gasteiger charge is 2.13. The molecule has 0 bridgehead atoms. The van der Waals surface area contributed by atoms with Gasteiger partial charge in [-0.25, -0.2) is 4.39 Å². The van der Waals surface area contributed by atoms with Crippen molar-refractivity contribution in [3.05, 3.63) is 87.1 Å². The van der Waals surface area contributed by atoms with E-state index in [1.165, 1.54) is 6.07 Å². The zero-order chi connectivity index (χ0) is 19.9. The number of nitrogens with one attached hydrogen (secondary N) is 1. The number of hydrogen-bond acceptors (Lipinski definition) is 3. The van der Waals surface area contributed by atoms with Crippen molar-refractivity contribution in [2.24, 2.45) is 0 Å². The first-order chi connectivity index (χ1) is 13.6. The molecule has 0 unspecified atom stereocenters. The number of benzene rings is 3. The van der Waals surface area contributed by atoms with Crippen LogP contribution in [0.25, 0.3) is 0 Å². The summed E-state index contributed by atoms with van der Waals surface area (Å²) in [6.07, 6.45) is 0. The van der Waals surface area contributed by atoms with Gasteiger partial charge in [0.05, 0.1) is 11.1 Å². The fraction of sp³-hybridized carbons (Fsp3) is 0.182. The monoisotopic (exact) mass is 463 g/mol. The molecule has 3 aromatic rings. The molecule has 0 saturated carbocycles. The molecule has 1 N–H and O–H groups in total. The third-order valence-electron chi connectivity index (χ3n) is 4.02. The molecule has 0 spiro atoms. The lowest BCUT2D eigenvalue weighted by atomic mass is 10.2. The van der Waals surface area contributed by atoms with E-state index in [1.54, 1.807) is 18.2 Å². The summed E-state index contributed by atoms with van der Waals surface area (Å²) < 4.78 is 26.2. The van der Waals surface area contributed by atoms with Crippen LogP contribution < -0.4 is 14.8 Å². The normalized spacial score (nSPS) is 10.6. The second-order valence-corrected chi connectivity index (χ2v) is 7.37. The summed E-state index contributed by atoms with van der Waals surface area (Å²) in [5.74, 6) is 0.867. The maximum absolute atomic E-state index is 13.9. The Bertz CT molecular complexity index is 952. The van der Waals surface area contributed by atoms with E-state index in [9.17, 15) is 4.39 Å². The Hall–Kier alpha value is -2.24. The summed E-state index contributed by atoms with van der Waals surface area (Å²) in [7, 11) is 0. The number of halogens is 3. The molecule has 0 aliphatic heterocycles. The molecule has 28 heavy (non-hydrogen) atoms. The summed E-state index contributed by atoms with van der Waals surface area (Å²) in [5.41, 5.74) is 2.43. The van der Waals surface area contributed by atoms with Gasteiger partial charge in [-0.2, -0.15) is 0 Å². The number of rotatable bonds is 8. The van der Waals surface area contributed by atoms with Crippen molar-refractivity contribution in [3.8, 4) is 11.5 Å². The first-order valence-corrected chi connectivity index (χ1v) is 10.0. The Morgan fingerprint density at radius 1 is 1.04 bits per heavy atom. The second kappa shape index (κ2) is 9.80. The molecule has 0 atom stereocenters. The van der Waals surface area contributed by atoms with E-state index in [0.29, 0.717) is 35.2 Å². The molecular formula is C22H20BrClFNO2. The standard InChI is InChI=1S/C22H20BrClFNO2/c1-2-27-21-11-15(13-26-18-8-5-7-17(24)12-18)10-19(23)22(21)28-14-16-6-3-4-9-20(16)25/h3-12,26H,2,13-14H2,1H3. The SMILES string of the molecule is CCOc1cc(CNc2cccc(Cl)c2)cc(Br)c1OCc1ccccc1F. The molecule has 0 radical (unpaired) electrons. The zero-order valence-electron chi connectivity index (χ0n) is 15.3. The largest absolute Gasteiger partial charge is 0.490 e. The molecule has 3 rings (SSSR count). The van der Waals surface area contributed by atoms with Crippen LogP contribution in [0.2, 0.25) is 5.02 Å². The Morgan fingerprint density at radius 3 is 2.61 bits per heavy atom. The van der Waals surface area contributed by atoms with Crippen LogP contribution in [-0.4, -0.2) is 6.61 Å². The van der Waals surface area contributed by atoms with Crippen molar-refractivity contribution in [2.75, 3.05) is 11.9 Å². The molecule has 0 aliphatic carbocycles. The van der Waals surface area contributed by atoms with Gasteiger partial charge in [-0.1, -0.05) is 35.9 Å². The van der Waals surface area contributed by atoms with Crippen molar-refractivity contribution >= 4 is 33.2 Å². The molecule has 0 amide bonds. The average Bonchev–Trinajstić information content (AvgIpc) is 2.67. The zero-order valence-corrected chi connectivity index (χ0v) is 17.7. The molecule has 3 nitrogen and oxygen atoms in total. The van der Waals surface area contributed by atoms with Gasteiger partial charge in [-0.3, -0.25) is 0 Å². The highest BCUT2D eigenvalue weighted by atomic mass is 79.9. The lowest BCUT2D eigenvalue weighted by Gasteiger charge is -2.16. The highest BCUT2D eigenvalue weighted by molar-refractivity contribution is 9.10. The molecule has 146 valence electrons. The molecule has 0 heterocycles. The van der Waals surface area contributed by atoms with Crippen LogP contribution in [0.4, 0.5) is 10.1 Å². The van der Waals surface area contributed by atoms with E-state index in [-0.39, 0.29) is 12.4 Å². The van der Waals surface area contributed by atoms with Crippen LogP contribution in [0.1, 0.15) is 18.1 Å². The Kier molecular flexibility index (Phi) is 7.18. The predicted octanol–water partition coefficient (Wildman–Crippen LogP) is 6.83. The first-order valence-electron chi connectivity index (χ1n) is 8.87. The van der Waals surface area contributed by atoms with Gasteiger partial charge in [-0.05, 0) is 64.8 Å². The maximum atomic E-state index is 13.9. The lowest BCUT2D eigenvalue weighted by molar-refractivity contribution is 0.264. The third kappa shape index (κ3) is 5.40. The van der Waals surface area contributed by atoms with Crippen molar-refractivity contribution in [3.63, 3.8) is 0 Å². The fourth-order valence-electron chi connectivity index (χ4n) is 2.69. The highest BCUT2D eigenvalue weighted by Crippen LogP contribution is 2.38. The summed E-state index contributed by atoms with van der Waals surface area (Å²) in [5, 5.41) is 4.01. The van der Waals surface area contributed by atoms with Crippen molar-refractivity contribution in [1.29, 1.82) is 0 Å². The van der Waals surface area contributed by atoms with E-state index < -0.39 is 0 Å². The van der Waals surface area contributed by atoms with Crippen LogP contribution in [0.5, 0.6) is 11.5 Å². The third-order valence-corrected chi connectivity index (χ3v) is 4.84. The van der Waals surface area contributed by atoms with E-state index in [1.807, 2.05) is 43.3 Å². The molecule has 0 fully saturated rings. The second-order valence-electron chi connectivity index (χ2n) is 6.08.